The maximum atomic E-state index is 13.1. The van der Waals surface area contributed by atoms with E-state index in [1.54, 1.807) is 19.1 Å². The Morgan fingerprint density at radius 1 is 1.13 bits per heavy atom. The summed E-state index contributed by atoms with van der Waals surface area (Å²) in [4.78, 5) is 26.8. The van der Waals surface area contributed by atoms with Gasteiger partial charge in [-0.3, -0.25) is 4.79 Å². The number of carbonyl (C=O) groups excluding carboxylic acids is 2. The number of benzene rings is 1. The van der Waals surface area contributed by atoms with Crippen LogP contribution in [-0.2, 0) is 17.6 Å². The van der Waals surface area contributed by atoms with Gasteiger partial charge in [0.2, 0.25) is 5.75 Å². The van der Waals surface area contributed by atoms with Crippen molar-refractivity contribution in [1.82, 2.24) is 0 Å². The van der Waals surface area contributed by atoms with Crippen LogP contribution in [0.2, 0.25) is 0 Å². The number of anilines is 1. The molecule has 2 aromatic rings. The quantitative estimate of drug-likeness (QED) is 0.655. The summed E-state index contributed by atoms with van der Waals surface area (Å²) in [6, 6.07) is 3.16. The van der Waals surface area contributed by atoms with Gasteiger partial charge >= 0.3 is 5.97 Å². The number of rotatable bonds is 7. The summed E-state index contributed by atoms with van der Waals surface area (Å²) in [7, 11) is 4.49. The van der Waals surface area contributed by atoms with Gasteiger partial charge in [0.1, 0.15) is 5.00 Å². The normalized spacial score (nSPS) is 15.2. The zero-order valence-corrected chi connectivity index (χ0v) is 18.7. The highest BCUT2D eigenvalue weighted by Crippen LogP contribution is 2.41. The minimum absolute atomic E-state index is 0.278. The van der Waals surface area contributed by atoms with Crippen LogP contribution in [0.4, 0.5) is 5.00 Å². The predicted octanol–water partition coefficient (Wildman–Crippen LogP) is 4.33. The van der Waals surface area contributed by atoms with E-state index >= 15 is 0 Å². The Balaban J connectivity index is 1.98. The lowest BCUT2D eigenvalue weighted by molar-refractivity contribution is 0.0526. The van der Waals surface area contributed by atoms with E-state index in [0.717, 1.165) is 29.7 Å². The van der Waals surface area contributed by atoms with Crippen LogP contribution in [-0.4, -0.2) is 39.8 Å². The van der Waals surface area contributed by atoms with Crippen molar-refractivity contribution in [2.45, 2.75) is 33.1 Å². The molecule has 1 N–H and O–H groups in total. The Kier molecular flexibility index (Phi) is 6.87. The molecule has 30 heavy (non-hydrogen) atoms. The van der Waals surface area contributed by atoms with Gasteiger partial charge in [0.15, 0.2) is 11.5 Å². The highest BCUT2D eigenvalue weighted by molar-refractivity contribution is 7.17. The average Bonchev–Trinajstić information content (AvgIpc) is 3.09. The monoisotopic (exact) mass is 433 g/mol. The van der Waals surface area contributed by atoms with Crippen LogP contribution in [0.15, 0.2) is 12.1 Å². The van der Waals surface area contributed by atoms with Crippen LogP contribution < -0.4 is 19.5 Å². The first-order valence-corrected chi connectivity index (χ1v) is 10.7. The Hall–Kier alpha value is -2.74. The van der Waals surface area contributed by atoms with Gasteiger partial charge in [0, 0.05) is 10.4 Å². The molecule has 1 amide bonds. The van der Waals surface area contributed by atoms with Crippen LogP contribution in [0.5, 0.6) is 17.2 Å². The third kappa shape index (κ3) is 4.23. The molecule has 1 aromatic carbocycles. The third-order valence-corrected chi connectivity index (χ3v) is 6.31. The third-order valence-electron chi connectivity index (χ3n) is 5.15. The van der Waals surface area contributed by atoms with Crippen molar-refractivity contribution < 1.29 is 28.5 Å². The largest absolute Gasteiger partial charge is 0.493 e. The zero-order valence-electron chi connectivity index (χ0n) is 17.9. The molecule has 7 nitrogen and oxygen atoms in total. The van der Waals surface area contributed by atoms with E-state index in [0.29, 0.717) is 39.3 Å². The van der Waals surface area contributed by atoms with E-state index < -0.39 is 5.97 Å². The smallest absolute Gasteiger partial charge is 0.341 e. The van der Waals surface area contributed by atoms with E-state index in [4.69, 9.17) is 18.9 Å². The van der Waals surface area contributed by atoms with Gasteiger partial charge < -0.3 is 24.3 Å². The number of carbonyl (C=O) groups is 2. The summed E-state index contributed by atoms with van der Waals surface area (Å²) in [5.41, 5.74) is 1.81. The molecule has 0 unspecified atom stereocenters. The molecule has 0 saturated heterocycles. The van der Waals surface area contributed by atoms with Gasteiger partial charge in [-0.05, 0) is 49.8 Å². The molecular weight excluding hydrogens is 406 g/mol. The fraction of sp³-hybridized carbons (Fsp3) is 0.455. The van der Waals surface area contributed by atoms with Crippen LogP contribution in [0.25, 0.3) is 0 Å². The second-order valence-electron chi connectivity index (χ2n) is 7.14. The van der Waals surface area contributed by atoms with Crippen LogP contribution in [0.1, 0.15) is 51.4 Å². The van der Waals surface area contributed by atoms with E-state index in [1.165, 1.54) is 32.7 Å². The van der Waals surface area contributed by atoms with Crippen molar-refractivity contribution >= 4 is 28.2 Å². The Morgan fingerprint density at radius 2 is 1.80 bits per heavy atom. The summed E-state index contributed by atoms with van der Waals surface area (Å²) in [5.74, 6) is 0.948. The average molecular weight is 434 g/mol. The number of thiophene rings is 1. The lowest BCUT2D eigenvalue weighted by Gasteiger charge is -2.18. The highest BCUT2D eigenvalue weighted by Gasteiger charge is 2.29. The lowest BCUT2D eigenvalue weighted by Crippen LogP contribution is -2.17. The molecule has 3 rings (SSSR count). The first kappa shape index (κ1) is 22.0. The van der Waals surface area contributed by atoms with Crippen molar-refractivity contribution in [3.05, 3.63) is 33.7 Å². The number of hydrogen-bond donors (Lipinski definition) is 1. The minimum atomic E-state index is -0.398. The molecule has 1 atom stereocenters. The van der Waals surface area contributed by atoms with Crippen LogP contribution in [0, 0.1) is 5.92 Å². The van der Waals surface area contributed by atoms with Gasteiger partial charge in [0.25, 0.3) is 5.91 Å². The van der Waals surface area contributed by atoms with E-state index in [-0.39, 0.29) is 12.5 Å². The van der Waals surface area contributed by atoms with Gasteiger partial charge in [0.05, 0.1) is 33.5 Å². The summed E-state index contributed by atoms with van der Waals surface area (Å²) in [5, 5.41) is 3.42. The van der Waals surface area contributed by atoms with Crippen molar-refractivity contribution in [3.8, 4) is 17.2 Å². The van der Waals surface area contributed by atoms with Gasteiger partial charge in [-0.2, -0.15) is 0 Å². The molecule has 0 aliphatic heterocycles. The molecule has 1 aliphatic rings. The van der Waals surface area contributed by atoms with Crippen molar-refractivity contribution in [1.29, 1.82) is 0 Å². The molecule has 8 heteroatoms. The fourth-order valence-corrected chi connectivity index (χ4v) is 5.04. The maximum absolute atomic E-state index is 13.1. The molecule has 162 valence electrons. The van der Waals surface area contributed by atoms with Gasteiger partial charge in [-0.1, -0.05) is 6.92 Å². The molecule has 0 radical (unpaired) electrons. The molecule has 0 saturated carbocycles. The topological polar surface area (TPSA) is 83.1 Å². The summed E-state index contributed by atoms with van der Waals surface area (Å²) < 4.78 is 21.3. The number of esters is 1. The highest BCUT2D eigenvalue weighted by atomic mass is 32.1. The fourth-order valence-electron chi connectivity index (χ4n) is 3.65. The van der Waals surface area contributed by atoms with E-state index in [2.05, 4.69) is 12.2 Å². The number of nitrogens with one attached hydrogen (secondary N) is 1. The molecule has 1 aliphatic carbocycles. The SMILES string of the molecule is CCOC(=O)c1c(NC(=O)c2cc(OC)c(OC)c(OC)c2)sc2c1CC[C@H](C)C2. The van der Waals surface area contributed by atoms with Gasteiger partial charge in [-0.25, -0.2) is 4.79 Å². The lowest BCUT2D eigenvalue weighted by atomic mass is 9.88. The second-order valence-corrected chi connectivity index (χ2v) is 8.25. The van der Waals surface area contributed by atoms with Crippen molar-refractivity contribution in [2.24, 2.45) is 5.92 Å². The molecule has 1 aromatic heterocycles. The zero-order chi connectivity index (χ0) is 21.8. The standard InChI is InChI=1S/C22H27NO6S/c1-6-29-22(25)18-14-8-7-12(2)9-17(14)30-21(18)23-20(24)13-10-15(26-3)19(28-5)16(11-13)27-4/h10-12H,6-9H2,1-5H3,(H,23,24)/t12-/m0/s1. The first-order valence-electron chi connectivity index (χ1n) is 9.86. The second kappa shape index (κ2) is 9.38. The number of fused-ring (bicyclic) bond motifs is 1. The van der Waals surface area contributed by atoms with E-state index in [9.17, 15) is 9.59 Å². The number of ether oxygens (including phenoxy) is 4. The minimum Gasteiger partial charge on any atom is -0.493 e. The summed E-state index contributed by atoms with van der Waals surface area (Å²) >= 11 is 1.45. The van der Waals surface area contributed by atoms with Crippen LogP contribution >= 0.6 is 11.3 Å². The summed E-state index contributed by atoms with van der Waals surface area (Å²) in [6.45, 7) is 4.24. The number of amides is 1. The molecule has 0 fully saturated rings. The molecule has 1 heterocycles. The van der Waals surface area contributed by atoms with Gasteiger partial charge in [-0.15, -0.1) is 11.3 Å². The Bertz CT molecular complexity index is 926. The molecule has 0 bridgehead atoms. The van der Waals surface area contributed by atoms with Crippen molar-refractivity contribution in [3.63, 3.8) is 0 Å². The van der Waals surface area contributed by atoms with Crippen molar-refractivity contribution in [2.75, 3.05) is 33.3 Å². The first-order chi connectivity index (χ1) is 14.4. The maximum Gasteiger partial charge on any atom is 0.341 e. The van der Waals surface area contributed by atoms with Crippen LogP contribution in [0.3, 0.4) is 0 Å². The number of methoxy groups -OCH3 is 3. The Morgan fingerprint density at radius 3 is 2.37 bits per heavy atom. The number of hydrogen-bond acceptors (Lipinski definition) is 7. The molecule has 0 spiro atoms. The molecular formula is C22H27NO6S. The predicted molar refractivity (Wildman–Crippen MR) is 116 cm³/mol. The summed E-state index contributed by atoms with van der Waals surface area (Å²) in [6.07, 6.45) is 2.71. The Labute approximate surface area is 180 Å². The van der Waals surface area contributed by atoms with E-state index in [1.807, 2.05) is 0 Å².